The second-order valence-electron chi connectivity index (χ2n) is 5.87. The van der Waals surface area contributed by atoms with E-state index in [1.165, 1.54) is 18.3 Å². The quantitative estimate of drug-likeness (QED) is 0.875. The minimum absolute atomic E-state index is 0.0288. The number of hydrogen-bond donors (Lipinski definition) is 1. The van der Waals surface area contributed by atoms with E-state index in [0.717, 1.165) is 5.01 Å². The van der Waals surface area contributed by atoms with Crippen molar-refractivity contribution in [3.63, 3.8) is 0 Å². The molecule has 0 radical (unpaired) electrons. The van der Waals surface area contributed by atoms with Gasteiger partial charge in [-0.3, -0.25) is 9.59 Å². The number of rotatable bonds is 3. The first kappa shape index (κ1) is 15.4. The van der Waals surface area contributed by atoms with E-state index < -0.39 is 0 Å². The van der Waals surface area contributed by atoms with Gasteiger partial charge in [-0.25, -0.2) is 4.98 Å². The Kier molecular flexibility index (Phi) is 4.23. The standard InChI is InChI=1S/C16H18N2O2S/c1-10(19)11-6-5-7-12(8-11)18-14(20)13-9-17-15(21-13)16(2,3)4/h5-9H,1-4H3,(H,18,20). The highest BCUT2D eigenvalue weighted by molar-refractivity contribution is 7.13. The summed E-state index contributed by atoms with van der Waals surface area (Å²) in [5.41, 5.74) is 1.11. The Morgan fingerprint density at radius 2 is 1.95 bits per heavy atom. The van der Waals surface area contributed by atoms with E-state index in [1.54, 1.807) is 30.5 Å². The summed E-state index contributed by atoms with van der Waals surface area (Å²) in [5.74, 6) is -0.234. The van der Waals surface area contributed by atoms with Gasteiger partial charge in [0.25, 0.3) is 5.91 Å². The van der Waals surface area contributed by atoms with Crippen LogP contribution in [0.3, 0.4) is 0 Å². The second kappa shape index (κ2) is 5.77. The first-order valence-corrected chi connectivity index (χ1v) is 7.47. The molecule has 21 heavy (non-hydrogen) atoms. The van der Waals surface area contributed by atoms with Crippen LogP contribution in [0.5, 0.6) is 0 Å². The number of aromatic nitrogens is 1. The monoisotopic (exact) mass is 302 g/mol. The zero-order chi connectivity index (χ0) is 15.6. The van der Waals surface area contributed by atoms with E-state index in [4.69, 9.17) is 0 Å². The molecule has 0 saturated carbocycles. The van der Waals surface area contributed by atoms with Crippen molar-refractivity contribution in [2.75, 3.05) is 5.32 Å². The number of carbonyl (C=O) groups is 2. The predicted molar refractivity (Wildman–Crippen MR) is 85.2 cm³/mol. The third-order valence-corrected chi connectivity index (χ3v) is 4.32. The molecule has 0 bridgehead atoms. The normalized spacial score (nSPS) is 11.2. The lowest BCUT2D eigenvalue weighted by Crippen LogP contribution is -2.11. The molecule has 4 nitrogen and oxygen atoms in total. The minimum Gasteiger partial charge on any atom is -0.321 e. The highest BCUT2D eigenvalue weighted by atomic mass is 32.1. The third kappa shape index (κ3) is 3.76. The summed E-state index contributed by atoms with van der Waals surface area (Å²) in [4.78, 5) is 28.4. The van der Waals surface area contributed by atoms with Crippen LogP contribution in [0.15, 0.2) is 30.5 Å². The molecule has 0 aliphatic carbocycles. The topological polar surface area (TPSA) is 59.1 Å². The number of nitrogens with zero attached hydrogens (tertiary/aromatic N) is 1. The van der Waals surface area contributed by atoms with Gasteiger partial charge in [-0.1, -0.05) is 32.9 Å². The van der Waals surface area contributed by atoms with Gasteiger partial charge < -0.3 is 5.32 Å². The minimum atomic E-state index is -0.205. The third-order valence-electron chi connectivity index (χ3n) is 2.90. The van der Waals surface area contributed by atoms with Gasteiger partial charge in [0, 0.05) is 16.7 Å². The number of ketones is 1. The number of anilines is 1. The molecule has 2 aromatic rings. The Morgan fingerprint density at radius 1 is 1.24 bits per heavy atom. The molecule has 1 N–H and O–H groups in total. The predicted octanol–water partition coefficient (Wildman–Crippen LogP) is 3.90. The van der Waals surface area contributed by atoms with Crippen LogP contribution in [0.25, 0.3) is 0 Å². The molecule has 0 atom stereocenters. The fourth-order valence-electron chi connectivity index (χ4n) is 1.73. The number of amides is 1. The molecular weight excluding hydrogens is 284 g/mol. The number of carbonyl (C=O) groups excluding carboxylic acids is 2. The van der Waals surface area contributed by atoms with Crippen molar-refractivity contribution >= 4 is 28.7 Å². The van der Waals surface area contributed by atoms with Gasteiger partial charge in [-0.15, -0.1) is 11.3 Å². The maximum Gasteiger partial charge on any atom is 0.267 e. The van der Waals surface area contributed by atoms with Gasteiger partial charge in [0.2, 0.25) is 0 Å². The zero-order valence-electron chi connectivity index (χ0n) is 12.6. The first-order chi connectivity index (χ1) is 9.77. The van der Waals surface area contributed by atoms with E-state index in [1.807, 2.05) is 0 Å². The van der Waals surface area contributed by atoms with Gasteiger partial charge in [0.05, 0.1) is 11.2 Å². The average molecular weight is 302 g/mol. The summed E-state index contributed by atoms with van der Waals surface area (Å²) < 4.78 is 0. The molecular formula is C16H18N2O2S. The van der Waals surface area contributed by atoms with Crippen LogP contribution in [0.4, 0.5) is 5.69 Å². The van der Waals surface area contributed by atoms with E-state index in [0.29, 0.717) is 16.1 Å². The number of benzene rings is 1. The van der Waals surface area contributed by atoms with Crippen molar-refractivity contribution in [1.29, 1.82) is 0 Å². The molecule has 0 unspecified atom stereocenters. The van der Waals surface area contributed by atoms with Gasteiger partial charge >= 0.3 is 0 Å². The van der Waals surface area contributed by atoms with Crippen molar-refractivity contribution in [2.45, 2.75) is 33.1 Å². The highest BCUT2D eigenvalue weighted by Crippen LogP contribution is 2.27. The number of hydrogen-bond acceptors (Lipinski definition) is 4. The molecule has 5 heteroatoms. The van der Waals surface area contributed by atoms with Crippen molar-refractivity contribution in [1.82, 2.24) is 4.98 Å². The molecule has 1 aromatic carbocycles. The molecule has 0 fully saturated rings. The fourth-order valence-corrected chi connectivity index (χ4v) is 2.60. The lowest BCUT2D eigenvalue weighted by atomic mass is 9.98. The van der Waals surface area contributed by atoms with Gasteiger partial charge in [0.15, 0.2) is 5.78 Å². The zero-order valence-corrected chi connectivity index (χ0v) is 13.4. The molecule has 0 spiro atoms. The summed E-state index contributed by atoms with van der Waals surface area (Å²) in [7, 11) is 0. The van der Waals surface area contributed by atoms with Crippen molar-refractivity contribution in [3.8, 4) is 0 Å². The fraction of sp³-hybridized carbons (Fsp3) is 0.312. The Hall–Kier alpha value is -2.01. The highest BCUT2D eigenvalue weighted by Gasteiger charge is 2.20. The number of Topliss-reactive ketones (excluding diaryl/α,β-unsaturated/α-hetero) is 1. The second-order valence-corrected chi connectivity index (χ2v) is 6.90. The average Bonchev–Trinajstić information content (AvgIpc) is 2.88. The molecule has 110 valence electrons. The first-order valence-electron chi connectivity index (χ1n) is 6.66. The maximum absolute atomic E-state index is 12.2. The number of nitrogens with one attached hydrogen (secondary N) is 1. The smallest absolute Gasteiger partial charge is 0.267 e. The Labute approximate surface area is 128 Å². The van der Waals surface area contributed by atoms with Crippen LogP contribution in [0.2, 0.25) is 0 Å². The van der Waals surface area contributed by atoms with Gasteiger partial charge in [-0.05, 0) is 19.1 Å². The van der Waals surface area contributed by atoms with E-state index in [-0.39, 0.29) is 17.1 Å². The summed E-state index contributed by atoms with van der Waals surface area (Å²) in [6.45, 7) is 7.68. The lowest BCUT2D eigenvalue weighted by molar-refractivity contribution is 0.101. The molecule has 1 aromatic heterocycles. The summed E-state index contributed by atoms with van der Waals surface area (Å²) >= 11 is 1.39. The largest absolute Gasteiger partial charge is 0.321 e. The number of thiazole rings is 1. The van der Waals surface area contributed by atoms with Crippen LogP contribution < -0.4 is 5.32 Å². The Bertz CT molecular complexity index is 684. The van der Waals surface area contributed by atoms with Gasteiger partial charge in [0.1, 0.15) is 4.88 Å². The van der Waals surface area contributed by atoms with Crippen molar-refractivity contribution in [2.24, 2.45) is 0 Å². The van der Waals surface area contributed by atoms with Gasteiger partial charge in [-0.2, -0.15) is 0 Å². The summed E-state index contributed by atoms with van der Waals surface area (Å²) in [5, 5.41) is 3.72. The molecule has 0 saturated heterocycles. The molecule has 1 heterocycles. The van der Waals surface area contributed by atoms with Crippen LogP contribution in [0.1, 0.15) is 52.7 Å². The van der Waals surface area contributed by atoms with Crippen molar-refractivity contribution in [3.05, 3.63) is 45.9 Å². The van der Waals surface area contributed by atoms with Crippen LogP contribution in [-0.2, 0) is 5.41 Å². The van der Waals surface area contributed by atoms with Crippen molar-refractivity contribution < 1.29 is 9.59 Å². The van der Waals surface area contributed by atoms with Crippen LogP contribution in [0, 0.1) is 0 Å². The molecule has 0 aliphatic heterocycles. The van der Waals surface area contributed by atoms with Crippen LogP contribution >= 0.6 is 11.3 Å². The molecule has 1 amide bonds. The van der Waals surface area contributed by atoms with E-state index in [2.05, 4.69) is 31.1 Å². The Morgan fingerprint density at radius 3 is 2.52 bits per heavy atom. The summed E-state index contributed by atoms with van der Waals surface area (Å²) in [6, 6.07) is 6.91. The SMILES string of the molecule is CC(=O)c1cccc(NC(=O)c2cnc(C(C)(C)C)s2)c1. The van der Waals surface area contributed by atoms with E-state index in [9.17, 15) is 9.59 Å². The van der Waals surface area contributed by atoms with E-state index >= 15 is 0 Å². The molecule has 2 rings (SSSR count). The lowest BCUT2D eigenvalue weighted by Gasteiger charge is -2.13. The Balaban J connectivity index is 2.16. The summed E-state index contributed by atoms with van der Waals surface area (Å²) in [6.07, 6.45) is 1.59. The molecule has 0 aliphatic rings. The van der Waals surface area contributed by atoms with Crippen LogP contribution in [-0.4, -0.2) is 16.7 Å². The maximum atomic E-state index is 12.2.